The zero-order chi connectivity index (χ0) is 8.39. The molecule has 0 unspecified atom stereocenters. The molecule has 0 aliphatic heterocycles. The Morgan fingerprint density at radius 3 is 2.67 bits per heavy atom. The van der Waals surface area contributed by atoms with Gasteiger partial charge in [0.15, 0.2) is 0 Å². The maximum atomic E-state index is 2.21. The van der Waals surface area contributed by atoms with Crippen molar-refractivity contribution in [3.63, 3.8) is 0 Å². The summed E-state index contributed by atoms with van der Waals surface area (Å²) in [6, 6.07) is 12.8. The minimum Gasteiger partial charge on any atom is -0.144 e. The van der Waals surface area contributed by atoms with E-state index in [4.69, 9.17) is 0 Å². The van der Waals surface area contributed by atoms with Crippen LogP contribution >= 0.6 is 11.3 Å². The van der Waals surface area contributed by atoms with Gasteiger partial charge >= 0.3 is 0 Å². The third-order valence-electron chi connectivity index (χ3n) is 1.82. The van der Waals surface area contributed by atoms with E-state index in [1.54, 1.807) is 11.3 Å². The molecule has 12 heavy (non-hydrogen) atoms. The zero-order valence-corrected chi connectivity index (χ0v) is 7.77. The fraction of sp³-hybridized carbons (Fsp3) is 0.0909. The molecule has 1 heterocycles. The van der Waals surface area contributed by atoms with Gasteiger partial charge in [0.2, 0.25) is 0 Å². The lowest BCUT2D eigenvalue weighted by Crippen LogP contribution is -1.73. The van der Waals surface area contributed by atoms with Crippen molar-refractivity contribution in [2.45, 2.75) is 6.92 Å². The molecule has 0 aliphatic carbocycles. The van der Waals surface area contributed by atoms with E-state index in [0.29, 0.717) is 0 Å². The van der Waals surface area contributed by atoms with Gasteiger partial charge in [0.25, 0.3) is 0 Å². The van der Waals surface area contributed by atoms with Crippen LogP contribution in [0.1, 0.15) is 5.56 Å². The van der Waals surface area contributed by atoms with E-state index in [1.807, 2.05) is 0 Å². The number of hydrogen-bond donors (Lipinski definition) is 0. The molecule has 1 heteroatoms. The predicted octanol–water partition coefficient (Wildman–Crippen LogP) is 3.72. The highest BCUT2D eigenvalue weighted by atomic mass is 32.1. The van der Waals surface area contributed by atoms with Crippen LogP contribution in [-0.4, -0.2) is 0 Å². The SMILES string of the molecule is Cc1cccc(-c2cccs2)c1. The van der Waals surface area contributed by atoms with Crippen LogP contribution in [0.15, 0.2) is 41.8 Å². The lowest BCUT2D eigenvalue weighted by atomic mass is 10.1. The van der Waals surface area contributed by atoms with Gasteiger partial charge in [0.05, 0.1) is 0 Å². The second kappa shape index (κ2) is 3.11. The number of thiophene rings is 1. The van der Waals surface area contributed by atoms with Gasteiger partial charge < -0.3 is 0 Å². The monoisotopic (exact) mass is 174 g/mol. The predicted molar refractivity (Wildman–Crippen MR) is 54.5 cm³/mol. The summed E-state index contributed by atoms with van der Waals surface area (Å²) in [7, 11) is 0. The first-order chi connectivity index (χ1) is 5.86. The van der Waals surface area contributed by atoms with Crippen molar-refractivity contribution in [2.24, 2.45) is 0 Å². The number of aryl methyl sites for hydroxylation is 1. The van der Waals surface area contributed by atoms with E-state index >= 15 is 0 Å². The largest absolute Gasteiger partial charge is 0.144 e. The average molecular weight is 174 g/mol. The van der Waals surface area contributed by atoms with E-state index in [1.165, 1.54) is 16.0 Å². The van der Waals surface area contributed by atoms with Crippen molar-refractivity contribution in [1.29, 1.82) is 0 Å². The van der Waals surface area contributed by atoms with Gasteiger partial charge in [-0.25, -0.2) is 0 Å². The molecule has 2 rings (SSSR count). The first-order valence-corrected chi connectivity index (χ1v) is 4.85. The van der Waals surface area contributed by atoms with E-state index < -0.39 is 0 Å². The first-order valence-electron chi connectivity index (χ1n) is 3.97. The smallest absolute Gasteiger partial charge is 0.0342 e. The summed E-state index contributed by atoms with van der Waals surface area (Å²) in [6.45, 7) is 2.12. The molecule has 0 radical (unpaired) electrons. The maximum absolute atomic E-state index is 2.21. The second-order valence-corrected chi connectivity index (χ2v) is 3.79. The van der Waals surface area contributed by atoms with Crippen LogP contribution in [-0.2, 0) is 0 Å². The Morgan fingerprint density at radius 1 is 1.08 bits per heavy atom. The molecule has 0 aliphatic rings. The van der Waals surface area contributed by atoms with Crippen LogP contribution in [0.4, 0.5) is 0 Å². The highest BCUT2D eigenvalue weighted by Crippen LogP contribution is 2.24. The minimum absolute atomic E-state index is 1.32. The topological polar surface area (TPSA) is 0 Å². The summed E-state index contributed by atoms with van der Waals surface area (Å²) in [6.07, 6.45) is 0. The lowest BCUT2D eigenvalue weighted by Gasteiger charge is -1.97. The fourth-order valence-electron chi connectivity index (χ4n) is 1.24. The number of benzene rings is 1. The third-order valence-corrected chi connectivity index (χ3v) is 2.74. The standard InChI is InChI=1S/C11H10S/c1-9-4-2-5-10(8-9)11-6-3-7-12-11/h2-8H,1H3. The van der Waals surface area contributed by atoms with Crippen molar-refractivity contribution < 1.29 is 0 Å². The third kappa shape index (κ3) is 1.41. The molecule has 0 saturated heterocycles. The van der Waals surface area contributed by atoms with Crippen LogP contribution in [0.2, 0.25) is 0 Å². The molecule has 0 spiro atoms. The van der Waals surface area contributed by atoms with Crippen molar-refractivity contribution in [3.05, 3.63) is 47.3 Å². The summed E-state index contributed by atoms with van der Waals surface area (Å²) in [4.78, 5) is 1.35. The summed E-state index contributed by atoms with van der Waals surface area (Å²) in [5, 5.41) is 2.11. The van der Waals surface area contributed by atoms with Gasteiger partial charge in [0, 0.05) is 4.88 Å². The summed E-state index contributed by atoms with van der Waals surface area (Å²) >= 11 is 1.78. The fourth-order valence-corrected chi connectivity index (χ4v) is 1.97. The second-order valence-electron chi connectivity index (χ2n) is 2.85. The molecule has 1 aromatic heterocycles. The first kappa shape index (κ1) is 7.56. The quantitative estimate of drug-likeness (QED) is 0.618. The zero-order valence-electron chi connectivity index (χ0n) is 6.95. The molecule has 0 nitrogen and oxygen atoms in total. The van der Waals surface area contributed by atoms with E-state index in [-0.39, 0.29) is 0 Å². The maximum Gasteiger partial charge on any atom is 0.0342 e. The average Bonchev–Trinajstić information content (AvgIpc) is 2.56. The lowest BCUT2D eigenvalue weighted by molar-refractivity contribution is 1.48. The molecule has 0 fully saturated rings. The highest BCUT2D eigenvalue weighted by molar-refractivity contribution is 7.13. The van der Waals surface area contributed by atoms with Crippen molar-refractivity contribution in [2.75, 3.05) is 0 Å². The minimum atomic E-state index is 1.32. The summed E-state index contributed by atoms with van der Waals surface area (Å²) in [5.41, 5.74) is 2.64. The molecule has 0 amide bonds. The Bertz CT molecular complexity index is 360. The van der Waals surface area contributed by atoms with Crippen LogP contribution in [0, 0.1) is 6.92 Å². The van der Waals surface area contributed by atoms with E-state index in [9.17, 15) is 0 Å². The molecular formula is C11H10S. The normalized spacial score (nSPS) is 10.1. The Balaban J connectivity index is 2.48. The van der Waals surface area contributed by atoms with Crippen LogP contribution in [0.5, 0.6) is 0 Å². The van der Waals surface area contributed by atoms with Crippen molar-refractivity contribution in [1.82, 2.24) is 0 Å². The van der Waals surface area contributed by atoms with Gasteiger partial charge in [-0.1, -0.05) is 35.9 Å². The van der Waals surface area contributed by atoms with Gasteiger partial charge in [0.1, 0.15) is 0 Å². The van der Waals surface area contributed by atoms with Gasteiger partial charge in [-0.05, 0) is 23.9 Å². The Kier molecular flexibility index (Phi) is 1.96. The van der Waals surface area contributed by atoms with Gasteiger partial charge in [-0.2, -0.15) is 0 Å². The summed E-state index contributed by atoms with van der Waals surface area (Å²) < 4.78 is 0. The van der Waals surface area contributed by atoms with E-state index in [2.05, 4.69) is 48.7 Å². The Morgan fingerprint density at radius 2 is 2.00 bits per heavy atom. The number of rotatable bonds is 1. The molecule has 0 N–H and O–H groups in total. The Labute approximate surface area is 76.5 Å². The van der Waals surface area contributed by atoms with E-state index in [0.717, 1.165) is 0 Å². The van der Waals surface area contributed by atoms with Crippen LogP contribution in [0.3, 0.4) is 0 Å². The van der Waals surface area contributed by atoms with Crippen molar-refractivity contribution in [3.8, 4) is 10.4 Å². The molecule has 0 saturated carbocycles. The molecular weight excluding hydrogens is 164 g/mol. The highest BCUT2D eigenvalue weighted by Gasteiger charge is 1.96. The van der Waals surface area contributed by atoms with Gasteiger partial charge in [-0.3, -0.25) is 0 Å². The molecule has 60 valence electrons. The molecule has 0 atom stereocenters. The Hall–Kier alpha value is -1.08. The van der Waals surface area contributed by atoms with Crippen molar-refractivity contribution >= 4 is 11.3 Å². The molecule has 0 bridgehead atoms. The molecule has 1 aromatic carbocycles. The van der Waals surface area contributed by atoms with Crippen LogP contribution < -0.4 is 0 Å². The summed E-state index contributed by atoms with van der Waals surface area (Å²) in [5.74, 6) is 0. The number of hydrogen-bond acceptors (Lipinski definition) is 1. The van der Waals surface area contributed by atoms with Gasteiger partial charge in [-0.15, -0.1) is 11.3 Å². The molecule has 2 aromatic rings. The van der Waals surface area contributed by atoms with Crippen LogP contribution in [0.25, 0.3) is 10.4 Å².